The summed E-state index contributed by atoms with van der Waals surface area (Å²) in [5.74, 6) is 0.933. The molecule has 0 atom stereocenters. The maximum absolute atomic E-state index is 13.1. The summed E-state index contributed by atoms with van der Waals surface area (Å²) in [5.41, 5.74) is 5.47. The monoisotopic (exact) mass is 498 g/mol. The SMILES string of the molecule is CCOc1cc(C(=O)N/N=C/c2ccccc2OCc2ccc(F)cc2)ccc1OCc1ccccc1. The summed E-state index contributed by atoms with van der Waals surface area (Å²) in [6.45, 7) is 2.96. The molecule has 6 nitrogen and oxygen atoms in total. The van der Waals surface area contributed by atoms with Crippen LogP contribution in [0.3, 0.4) is 0 Å². The van der Waals surface area contributed by atoms with E-state index in [9.17, 15) is 9.18 Å². The molecule has 0 heterocycles. The van der Waals surface area contributed by atoms with Crippen LogP contribution in [-0.4, -0.2) is 18.7 Å². The zero-order chi connectivity index (χ0) is 25.9. The third-order valence-corrected chi connectivity index (χ3v) is 5.34. The number of carbonyl (C=O) groups excluding carboxylic acids is 1. The zero-order valence-electron chi connectivity index (χ0n) is 20.4. The van der Waals surface area contributed by atoms with E-state index < -0.39 is 5.91 Å². The van der Waals surface area contributed by atoms with Crippen LogP contribution in [0.15, 0.2) is 102 Å². The number of benzene rings is 4. The van der Waals surface area contributed by atoms with Crippen LogP contribution in [-0.2, 0) is 13.2 Å². The predicted octanol–water partition coefficient (Wildman–Crippen LogP) is 6.15. The molecule has 0 bridgehead atoms. The first-order valence-corrected chi connectivity index (χ1v) is 11.9. The molecule has 0 unspecified atom stereocenters. The predicted molar refractivity (Wildman–Crippen MR) is 141 cm³/mol. The first kappa shape index (κ1) is 25.4. The van der Waals surface area contributed by atoms with Crippen molar-refractivity contribution in [1.82, 2.24) is 5.43 Å². The van der Waals surface area contributed by atoms with Crippen LogP contribution in [0, 0.1) is 5.82 Å². The van der Waals surface area contributed by atoms with Gasteiger partial charge in [0.15, 0.2) is 11.5 Å². The number of ether oxygens (including phenoxy) is 3. The molecule has 0 aromatic heterocycles. The van der Waals surface area contributed by atoms with Crippen molar-refractivity contribution in [2.24, 2.45) is 5.10 Å². The molecule has 37 heavy (non-hydrogen) atoms. The van der Waals surface area contributed by atoms with Crippen LogP contribution < -0.4 is 19.6 Å². The van der Waals surface area contributed by atoms with E-state index >= 15 is 0 Å². The molecule has 188 valence electrons. The quantitative estimate of drug-likeness (QED) is 0.199. The summed E-state index contributed by atoms with van der Waals surface area (Å²) < 4.78 is 30.6. The van der Waals surface area contributed by atoms with Crippen LogP contribution in [0.2, 0.25) is 0 Å². The summed E-state index contributed by atoms with van der Waals surface area (Å²) in [7, 11) is 0. The minimum atomic E-state index is -0.392. The third kappa shape index (κ3) is 7.41. The maximum atomic E-state index is 13.1. The van der Waals surface area contributed by atoms with Crippen molar-refractivity contribution in [3.63, 3.8) is 0 Å². The van der Waals surface area contributed by atoms with Crippen molar-refractivity contribution in [2.45, 2.75) is 20.1 Å². The zero-order valence-corrected chi connectivity index (χ0v) is 20.4. The van der Waals surface area contributed by atoms with E-state index in [1.165, 1.54) is 18.3 Å². The van der Waals surface area contributed by atoms with E-state index in [0.29, 0.717) is 41.6 Å². The van der Waals surface area contributed by atoms with Gasteiger partial charge < -0.3 is 14.2 Å². The summed E-state index contributed by atoms with van der Waals surface area (Å²) in [6.07, 6.45) is 1.51. The summed E-state index contributed by atoms with van der Waals surface area (Å²) in [6, 6.07) is 28.2. The molecule has 4 aromatic carbocycles. The van der Waals surface area contributed by atoms with Gasteiger partial charge in [0, 0.05) is 11.1 Å². The van der Waals surface area contributed by atoms with Gasteiger partial charge in [-0.05, 0) is 60.5 Å². The van der Waals surface area contributed by atoms with Gasteiger partial charge in [0.05, 0.1) is 12.8 Å². The molecular formula is C30H27FN2O4. The fraction of sp³-hybridized carbons (Fsp3) is 0.133. The highest BCUT2D eigenvalue weighted by atomic mass is 19.1. The second-order valence-corrected chi connectivity index (χ2v) is 8.02. The Kier molecular flexibility index (Phi) is 8.86. The highest BCUT2D eigenvalue weighted by Gasteiger charge is 2.12. The lowest BCUT2D eigenvalue weighted by molar-refractivity contribution is 0.0954. The fourth-order valence-corrected chi connectivity index (χ4v) is 3.46. The van der Waals surface area contributed by atoms with Crippen molar-refractivity contribution in [2.75, 3.05) is 6.61 Å². The third-order valence-electron chi connectivity index (χ3n) is 5.34. The number of hydrogen-bond acceptors (Lipinski definition) is 5. The molecule has 4 aromatic rings. The Balaban J connectivity index is 1.38. The van der Waals surface area contributed by atoms with E-state index in [4.69, 9.17) is 14.2 Å². The lowest BCUT2D eigenvalue weighted by Gasteiger charge is -2.13. The van der Waals surface area contributed by atoms with Crippen molar-refractivity contribution in [3.8, 4) is 17.2 Å². The standard InChI is InChI=1S/C30H27FN2O4/c1-2-35-29-18-24(14-17-28(29)37-20-22-8-4-3-5-9-22)30(34)33-32-19-25-10-6-7-11-27(25)36-21-23-12-15-26(31)16-13-23/h3-19H,2,20-21H2,1H3,(H,33,34)/b32-19+. The fourth-order valence-electron chi connectivity index (χ4n) is 3.46. The van der Waals surface area contributed by atoms with Crippen molar-refractivity contribution in [3.05, 3.63) is 125 Å². The first-order valence-electron chi connectivity index (χ1n) is 11.9. The van der Waals surface area contributed by atoms with Gasteiger partial charge in [-0.15, -0.1) is 0 Å². The molecule has 7 heteroatoms. The Labute approximate surface area is 215 Å². The number of para-hydroxylation sites is 1. The number of hydrazone groups is 1. The molecule has 1 amide bonds. The Morgan fingerprint density at radius 1 is 0.784 bits per heavy atom. The number of amides is 1. The van der Waals surface area contributed by atoms with Crippen LogP contribution in [0.4, 0.5) is 4.39 Å². The number of nitrogens with zero attached hydrogens (tertiary/aromatic N) is 1. The van der Waals surface area contributed by atoms with Crippen molar-refractivity contribution >= 4 is 12.1 Å². The van der Waals surface area contributed by atoms with E-state index in [0.717, 1.165) is 11.1 Å². The van der Waals surface area contributed by atoms with Gasteiger partial charge in [-0.1, -0.05) is 54.6 Å². The molecule has 0 fully saturated rings. The first-order chi connectivity index (χ1) is 18.1. The highest BCUT2D eigenvalue weighted by molar-refractivity contribution is 5.95. The lowest BCUT2D eigenvalue weighted by atomic mass is 10.2. The lowest BCUT2D eigenvalue weighted by Crippen LogP contribution is -2.18. The maximum Gasteiger partial charge on any atom is 0.271 e. The minimum Gasteiger partial charge on any atom is -0.490 e. The largest absolute Gasteiger partial charge is 0.490 e. The molecule has 0 saturated carbocycles. The average Bonchev–Trinajstić information content (AvgIpc) is 2.93. The number of carbonyl (C=O) groups is 1. The number of hydrogen-bond donors (Lipinski definition) is 1. The van der Waals surface area contributed by atoms with Crippen molar-refractivity contribution < 1.29 is 23.4 Å². The van der Waals surface area contributed by atoms with Crippen LogP contribution >= 0.6 is 0 Å². The van der Waals surface area contributed by atoms with Crippen LogP contribution in [0.25, 0.3) is 0 Å². The van der Waals surface area contributed by atoms with Crippen LogP contribution in [0.1, 0.15) is 34.0 Å². The molecule has 0 spiro atoms. The topological polar surface area (TPSA) is 69.2 Å². The Bertz CT molecular complexity index is 1340. The number of halogens is 1. The summed E-state index contributed by atoms with van der Waals surface area (Å²) >= 11 is 0. The second-order valence-electron chi connectivity index (χ2n) is 8.02. The van der Waals surface area contributed by atoms with Gasteiger partial charge in [-0.25, -0.2) is 9.82 Å². The molecule has 0 saturated heterocycles. The summed E-state index contributed by atoms with van der Waals surface area (Å²) in [5, 5.41) is 4.09. The van der Waals surface area contributed by atoms with E-state index in [-0.39, 0.29) is 12.4 Å². The highest BCUT2D eigenvalue weighted by Crippen LogP contribution is 2.29. The normalized spacial score (nSPS) is 10.8. The van der Waals surface area contributed by atoms with Gasteiger partial charge in [-0.2, -0.15) is 5.10 Å². The molecule has 0 aliphatic rings. The van der Waals surface area contributed by atoms with Gasteiger partial charge in [0.1, 0.15) is 24.8 Å². The van der Waals surface area contributed by atoms with E-state index in [2.05, 4.69) is 10.5 Å². The minimum absolute atomic E-state index is 0.274. The average molecular weight is 499 g/mol. The molecule has 0 radical (unpaired) electrons. The van der Waals surface area contributed by atoms with Gasteiger partial charge in [-0.3, -0.25) is 4.79 Å². The Hall–Kier alpha value is -4.65. The van der Waals surface area contributed by atoms with Crippen LogP contribution in [0.5, 0.6) is 17.2 Å². The van der Waals surface area contributed by atoms with Gasteiger partial charge >= 0.3 is 0 Å². The molecular weight excluding hydrogens is 471 g/mol. The smallest absolute Gasteiger partial charge is 0.271 e. The van der Waals surface area contributed by atoms with E-state index in [1.54, 1.807) is 36.4 Å². The molecule has 4 rings (SSSR count). The Morgan fingerprint density at radius 3 is 2.22 bits per heavy atom. The van der Waals surface area contributed by atoms with Gasteiger partial charge in [0.25, 0.3) is 5.91 Å². The van der Waals surface area contributed by atoms with Crippen molar-refractivity contribution in [1.29, 1.82) is 0 Å². The number of nitrogens with one attached hydrogen (secondary N) is 1. The molecule has 0 aliphatic carbocycles. The van der Waals surface area contributed by atoms with Gasteiger partial charge in [0.2, 0.25) is 0 Å². The number of rotatable bonds is 11. The molecule has 1 N–H and O–H groups in total. The molecule has 0 aliphatic heterocycles. The Morgan fingerprint density at radius 2 is 1.46 bits per heavy atom. The second kappa shape index (κ2) is 12.9. The van der Waals surface area contributed by atoms with E-state index in [1.807, 2.05) is 55.5 Å². The summed E-state index contributed by atoms with van der Waals surface area (Å²) in [4.78, 5) is 12.7.